The standard InChI is InChI=1S/C12H13ClN2OS2/c13-9-2-1-3-10-11(9)14-12(17)15(10)8-4-6-18(16)7-5-8/h1-3,8H,4-7H2,(H,14,17). The Morgan fingerprint density at radius 2 is 2.11 bits per heavy atom. The third kappa shape index (κ3) is 2.04. The summed E-state index contributed by atoms with van der Waals surface area (Å²) in [6.45, 7) is 0. The highest BCUT2D eigenvalue weighted by Crippen LogP contribution is 2.30. The average Bonchev–Trinajstić information content (AvgIpc) is 2.69. The quantitative estimate of drug-likeness (QED) is 0.819. The van der Waals surface area contributed by atoms with E-state index in [0.717, 1.165) is 35.4 Å². The lowest BCUT2D eigenvalue weighted by molar-refractivity contribution is 0.468. The van der Waals surface area contributed by atoms with Crippen LogP contribution in [0.4, 0.5) is 0 Å². The van der Waals surface area contributed by atoms with Crippen molar-refractivity contribution in [3.63, 3.8) is 0 Å². The predicted octanol–water partition coefficient (Wildman–Crippen LogP) is 3.44. The van der Waals surface area contributed by atoms with Crippen molar-refractivity contribution >= 4 is 45.7 Å². The molecule has 3 nitrogen and oxygen atoms in total. The summed E-state index contributed by atoms with van der Waals surface area (Å²) in [5.41, 5.74) is 1.95. The Balaban J connectivity index is 2.12. The maximum Gasteiger partial charge on any atom is 0.178 e. The fourth-order valence-corrected chi connectivity index (χ4v) is 4.36. The highest BCUT2D eigenvalue weighted by Gasteiger charge is 2.22. The van der Waals surface area contributed by atoms with Crippen LogP contribution in [-0.4, -0.2) is 25.3 Å². The Hall–Kier alpha value is -0.650. The number of halogens is 1. The Kier molecular flexibility index (Phi) is 3.30. The fraction of sp³-hybridized carbons (Fsp3) is 0.417. The Morgan fingerprint density at radius 3 is 2.83 bits per heavy atom. The van der Waals surface area contributed by atoms with Gasteiger partial charge in [0.2, 0.25) is 0 Å². The number of nitrogens with one attached hydrogen (secondary N) is 1. The van der Waals surface area contributed by atoms with Crippen molar-refractivity contribution in [2.45, 2.75) is 18.9 Å². The zero-order valence-corrected chi connectivity index (χ0v) is 12.1. The summed E-state index contributed by atoms with van der Waals surface area (Å²) >= 11 is 11.6. The normalized spacial score (nSPS) is 24.5. The van der Waals surface area contributed by atoms with Crippen molar-refractivity contribution < 1.29 is 4.21 Å². The lowest BCUT2D eigenvalue weighted by Gasteiger charge is -2.23. The molecule has 1 aliphatic rings. The first kappa shape index (κ1) is 12.4. The van der Waals surface area contributed by atoms with Crippen LogP contribution in [0.3, 0.4) is 0 Å². The Morgan fingerprint density at radius 1 is 1.39 bits per heavy atom. The Labute approximate surface area is 118 Å². The van der Waals surface area contributed by atoms with E-state index in [0.29, 0.717) is 15.8 Å². The molecule has 0 amide bonds. The number of para-hydroxylation sites is 1. The van der Waals surface area contributed by atoms with Crippen molar-refractivity contribution in [1.82, 2.24) is 9.55 Å². The van der Waals surface area contributed by atoms with Crippen LogP contribution in [0.2, 0.25) is 5.02 Å². The van der Waals surface area contributed by atoms with Gasteiger partial charge < -0.3 is 9.55 Å². The van der Waals surface area contributed by atoms with Crippen molar-refractivity contribution in [3.8, 4) is 0 Å². The molecule has 96 valence electrons. The van der Waals surface area contributed by atoms with Crippen molar-refractivity contribution in [2.75, 3.05) is 11.5 Å². The van der Waals surface area contributed by atoms with Crippen LogP contribution in [0, 0.1) is 4.77 Å². The monoisotopic (exact) mass is 300 g/mol. The molecular weight excluding hydrogens is 288 g/mol. The maximum absolute atomic E-state index is 11.4. The molecule has 0 unspecified atom stereocenters. The fourth-order valence-electron chi connectivity index (χ4n) is 2.52. The van der Waals surface area contributed by atoms with Gasteiger partial charge in [-0.3, -0.25) is 4.21 Å². The number of aromatic nitrogens is 2. The third-order valence-corrected chi connectivity index (χ3v) is 5.42. The maximum atomic E-state index is 11.4. The van der Waals surface area contributed by atoms with Crippen molar-refractivity contribution in [3.05, 3.63) is 28.0 Å². The third-order valence-electron chi connectivity index (χ3n) is 3.42. The molecular formula is C12H13ClN2OS2. The molecule has 2 aromatic rings. The van der Waals surface area contributed by atoms with Crippen LogP contribution >= 0.6 is 23.8 Å². The van der Waals surface area contributed by atoms with Gasteiger partial charge in [-0.25, -0.2) is 0 Å². The van der Waals surface area contributed by atoms with Gasteiger partial charge in [0.15, 0.2) is 4.77 Å². The smallest absolute Gasteiger partial charge is 0.178 e. The van der Waals surface area contributed by atoms with E-state index >= 15 is 0 Å². The van der Waals surface area contributed by atoms with E-state index in [4.69, 9.17) is 23.8 Å². The number of hydrogen-bond donors (Lipinski definition) is 1. The number of rotatable bonds is 1. The number of fused-ring (bicyclic) bond motifs is 1. The van der Waals surface area contributed by atoms with Gasteiger partial charge in [0.25, 0.3) is 0 Å². The van der Waals surface area contributed by atoms with E-state index in [2.05, 4.69) is 9.55 Å². The summed E-state index contributed by atoms with van der Waals surface area (Å²) in [7, 11) is -0.651. The molecule has 0 saturated carbocycles. The molecule has 1 aliphatic heterocycles. The lowest BCUT2D eigenvalue weighted by atomic mass is 10.1. The van der Waals surface area contributed by atoms with Gasteiger partial charge in [-0.2, -0.15) is 0 Å². The van der Waals surface area contributed by atoms with Gasteiger partial charge in [0, 0.05) is 28.3 Å². The van der Waals surface area contributed by atoms with Gasteiger partial charge in [-0.1, -0.05) is 17.7 Å². The minimum atomic E-state index is -0.651. The van der Waals surface area contributed by atoms with Crippen molar-refractivity contribution in [2.24, 2.45) is 0 Å². The van der Waals surface area contributed by atoms with E-state index in [1.165, 1.54) is 0 Å². The molecule has 0 spiro atoms. The second-order valence-electron chi connectivity index (χ2n) is 4.51. The zero-order chi connectivity index (χ0) is 12.7. The van der Waals surface area contributed by atoms with E-state index < -0.39 is 10.8 Å². The number of hydrogen-bond acceptors (Lipinski definition) is 2. The van der Waals surface area contributed by atoms with E-state index in [-0.39, 0.29) is 0 Å². The first-order valence-electron chi connectivity index (χ1n) is 5.90. The molecule has 18 heavy (non-hydrogen) atoms. The molecule has 1 fully saturated rings. The van der Waals surface area contributed by atoms with Crippen LogP contribution < -0.4 is 0 Å². The molecule has 0 radical (unpaired) electrons. The highest BCUT2D eigenvalue weighted by atomic mass is 35.5. The lowest BCUT2D eigenvalue weighted by Crippen LogP contribution is -2.21. The van der Waals surface area contributed by atoms with E-state index in [1.807, 2.05) is 18.2 Å². The minimum Gasteiger partial charge on any atom is -0.329 e. The number of imidazole rings is 1. The molecule has 0 aliphatic carbocycles. The minimum absolute atomic E-state index is 0.336. The number of aromatic amines is 1. The molecule has 1 aromatic carbocycles. The number of H-pyrrole nitrogens is 1. The second kappa shape index (κ2) is 4.79. The van der Waals surface area contributed by atoms with Gasteiger partial charge >= 0.3 is 0 Å². The molecule has 1 N–H and O–H groups in total. The summed E-state index contributed by atoms with van der Waals surface area (Å²) in [6, 6.07) is 6.15. The van der Waals surface area contributed by atoms with Crippen LogP contribution in [0.5, 0.6) is 0 Å². The average molecular weight is 301 g/mol. The van der Waals surface area contributed by atoms with Crippen LogP contribution in [0.25, 0.3) is 11.0 Å². The van der Waals surface area contributed by atoms with Crippen LogP contribution in [-0.2, 0) is 10.8 Å². The van der Waals surface area contributed by atoms with Gasteiger partial charge in [-0.05, 0) is 37.2 Å². The van der Waals surface area contributed by atoms with Crippen molar-refractivity contribution in [1.29, 1.82) is 0 Å². The SMILES string of the molecule is O=S1CCC(n2c(=S)[nH]c3c(Cl)cccc32)CC1. The molecule has 3 rings (SSSR count). The van der Waals surface area contributed by atoms with E-state index in [9.17, 15) is 4.21 Å². The first-order chi connectivity index (χ1) is 8.66. The molecule has 6 heteroatoms. The van der Waals surface area contributed by atoms with Crippen LogP contribution in [0.15, 0.2) is 18.2 Å². The molecule has 1 aromatic heterocycles. The molecule has 0 bridgehead atoms. The van der Waals surface area contributed by atoms with Gasteiger partial charge in [-0.15, -0.1) is 0 Å². The molecule has 2 heterocycles. The largest absolute Gasteiger partial charge is 0.329 e. The van der Waals surface area contributed by atoms with Gasteiger partial charge in [0.1, 0.15) is 0 Å². The van der Waals surface area contributed by atoms with Crippen LogP contribution in [0.1, 0.15) is 18.9 Å². The topological polar surface area (TPSA) is 37.8 Å². The highest BCUT2D eigenvalue weighted by molar-refractivity contribution is 7.85. The second-order valence-corrected chi connectivity index (χ2v) is 7.00. The van der Waals surface area contributed by atoms with E-state index in [1.54, 1.807) is 0 Å². The summed E-state index contributed by atoms with van der Waals surface area (Å²) < 4.78 is 14.3. The molecule has 1 saturated heterocycles. The molecule has 0 atom stereocenters. The number of benzene rings is 1. The summed E-state index contributed by atoms with van der Waals surface area (Å²) in [4.78, 5) is 3.17. The zero-order valence-electron chi connectivity index (χ0n) is 9.69. The summed E-state index contributed by atoms with van der Waals surface area (Å²) in [5, 5.41) is 0.691. The Bertz CT molecular complexity index is 666. The summed E-state index contributed by atoms with van der Waals surface area (Å²) in [6.07, 6.45) is 1.83. The first-order valence-corrected chi connectivity index (χ1v) is 8.18. The summed E-state index contributed by atoms with van der Waals surface area (Å²) in [5.74, 6) is 1.53. The number of nitrogens with zero attached hydrogens (tertiary/aromatic N) is 1. The predicted molar refractivity (Wildman–Crippen MR) is 78.3 cm³/mol. The van der Waals surface area contributed by atoms with Gasteiger partial charge in [0.05, 0.1) is 16.1 Å².